The van der Waals surface area contributed by atoms with Crippen LogP contribution in [0.3, 0.4) is 0 Å². The Kier molecular flexibility index (Phi) is 8.02. The lowest BCUT2D eigenvalue weighted by atomic mass is 9.93. The van der Waals surface area contributed by atoms with E-state index < -0.39 is 0 Å². The Balaban J connectivity index is 0.00000324. The van der Waals surface area contributed by atoms with E-state index in [9.17, 15) is 9.59 Å². The van der Waals surface area contributed by atoms with Crippen molar-refractivity contribution in [1.29, 1.82) is 0 Å². The van der Waals surface area contributed by atoms with Crippen molar-refractivity contribution in [2.75, 3.05) is 19.6 Å². The molecule has 0 unspecified atom stereocenters. The van der Waals surface area contributed by atoms with Crippen molar-refractivity contribution >= 4 is 24.2 Å². The van der Waals surface area contributed by atoms with Gasteiger partial charge in [-0.05, 0) is 25.7 Å². The minimum Gasteiger partial charge on any atom is -0.348 e. The van der Waals surface area contributed by atoms with Crippen molar-refractivity contribution in [1.82, 2.24) is 10.2 Å². The summed E-state index contributed by atoms with van der Waals surface area (Å²) in [5, 5.41) is 2.99. The van der Waals surface area contributed by atoms with Gasteiger partial charge in [-0.25, -0.2) is 0 Å². The van der Waals surface area contributed by atoms with Gasteiger partial charge in [0.25, 0.3) is 0 Å². The number of hydrogen-bond donors (Lipinski definition) is 2. The topological polar surface area (TPSA) is 75.4 Å². The van der Waals surface area contributed by atoms with E-state index in [0.717, 1.165) is 25.7 Å². The van der Waals surface area contributed by atoms with Crippen molar-refractivity contribution in [3.8, 4) is 0 Å². The number of nitrogens with one attached hydrogen (secondary N) is 1. The Morgan fingerprint density at radius 1 is 1.37 bits per heavy atom. The molecule has 3 N–H and O–H groups in total. The summed E-state index contributed by atoms with van der Waals surface area (Å²) >= 11 is 0. The van der Waals surface area contributed by atoms with E-state index in [-0.39, 0.29) is 36.3 Å². The van der Waals surface area contributed by atoms with Crippen LogP contribution in [-0.2, 0) is 9.59 Å². The van der Waals surface area contributed by atoms with Crippen LogP contribution in [0.25, 0.3) is 0 Å². The fourth-order valence-electron chi connectivity index (χ4n) is 2.30. The van der Waals surface area contributed by atoms with Gasteiger partial charge in [0.05, 0.1) is 12.1 Å². The van der Waals surface area contributed by atoms with Crippen LogP contribution in [0.4, 0.5) is 0 Å². The Bertz CT molecular complexity index is 298. The average molecular weight is 292 g/mol. The minimum atomic E-state index is -0.323. The summed E-state index contributed by atoms with van der Waals surface area (Å²) in [6.07, 6.45) is 4.10. The SMILES string of the molecule is CCC(CC)(CN)NC(=O)CN1CCCCC1=O.Cl. The van der Waals surface area contributed by atoms with Crippen LogP contribution in [0.5, 0.6) is 0 Å². The maximum absolute atomic E-state index is 12.0. The fourth-order valence-corrected chi connectivity index (χ4v) is 2.30. The van der Waals surface area contributed by atoms with Gasteiger partial charge in [-0.15, -0.1) is 12.4 Å². The monoisotopic (exact) mass is 291 g/mol. The van der Waals surface area contributed by atoms with E-state index in [1.165, 1.54) is 0 Å². The molecule has 0 aromatic carbocycles. The first kappa shape index (κ1) is 18.2. The van der Waals surface area contributed by atoms with Gasteiger partial charge in [-0.1, -0.05) is 13.8 Å². The Morgan fingerprint density at radius 3 is 2.47 bits per heavy atom. The van der Waals surface area contributed by atoms with Crippen molar-refractivity contribution in [3.63, 3.8) is 0 Å². The molecule has 0 radical (unpaired) electrons. The summed E-state index contributed by atoms with van der Waals surface area (Å²) in [7, 11) is 0. The Hall–Kier alpha value is -0.810. The molecular weight excluding hydrogens is 266 g/mol. The highest BCUT2D eigenvalue weighted by molar-refractivity contribution is 5.85. The molecule has 112 valence electrons. The van der Waals surface area contributed by atoms with Crippen LogP contribution in [0, 0.1) is 0 Å². The molecular formula is C13H26ClN3O2. The average Bonchev–Trinajstić information content (AvgIpc) is 2.39. The molecule has 1 aliphatic rings. The predicted molar refractivity (Wildman–Crippen MR) is 78.2 cm³/mol. The first-order valence-corrected chi connectivity index (χ1v) is 6.85. The Morgan fingerprint density at radius 2 is 2.00 bits per heavy atom. The van der Waals surface area contributed by atoms with Gasteiger partial charge >= 0.3 is 0 Å². The molecule has 1 rings (SSSR count). The third kappa shape index (κ3) is 4.99. The molecule has 5 nitrogen and oxygen atoms in total. The molecule has 0 atom stereocenters. The molecule has 1 saturated heterocycles. The highest BCUT2D eigenvalue weighted by Crippen LogP contribution is 2.14. The number of nitrogens with zero attached hydrogens (tertiary/aromatic N) is 1. The van der Waals surface area contributed by atoms with Crippen LogP contribution in [-0.4, -0.2) is 41.9 Å². The van der Waals surface area contributed by atoms with E-state index in [1.54, 1.807) is 4.90 Å². The minimum absolute atomic E-state index is 0. The van der Waals surface area contributed by atoms with Crippen molar-refractivity contribution < 1.29 is 9.59 Å². The normalized spacial score (nSPS) is 15.9. The largest absolute Gasteiger partial charge is 0.348 e. The van der Waals surface area contributed by atoms with Gasteiger partial charge in [0.2, 0.25) is 11.8 Å². The molecule has 19 heavy (non-hydrogen) atoms. The summed E-state index contributed by atoms with van der Waals surface area (Å²) < 4.78 is 0. The molecule has 6 heteroatoms. The third-order valence-electron chi connectivity index (χ3n) is 3.90. The molecule has 0 aliphatic carbocycles. The highest BCUT2D eigenvalue weighted by Gasteiger charge is 2.28. The van der Waals surface area contributed by atoms with Gasteiger partial charge in [0.1, 0.15) is 0 Å². The number of hydrogen-bond acceptors (Lipinski definition) is 3. The zero-order valence-corrected chi connectivity index (χ0v) is 12.7. The maximum atomic E-state index is 12.0. The molecule has 1 heterocycles. The van der Waals surface area contributed by atoms with Gasteiger partial charge < -0.3 is 16.0 Å². The van der Waals surface area contributed by atoms with Crippen LogP contribution in [0.2, 0.25) is 0 Å². The first-order chi connectivity index (χ1) is 8.56. The van der Waals surface area contributed by atoms with Crippen molar-refractivity contribution in [2.24, 2.45) is 5.73 Å². The third-order valence-corrected chi connectivity index (χ3v) is 3.90. The molecule has 2 amide bonds. The highest BCUT2D eigenvalue weighted by atomic mass is 35.5. The lowest BCUT2D eigenvalue weighted by molar-refractivity contribution is -0.138. The number of halogens is 1. The zero-order valence-electron chi connectivity index (χ0n) is 11.9. The molecule has 0 spiro atoms. The number of nitrogens with two attached hydrogens (primary N) is 1. The quantitative estimate of drug-likeness (QED) is 0.768. The van der Waals surface area contributed by atoms with Gasteiger partial charge in [-0.2, -0.15) is 0 Å². The van der Waals surface area contributed by atoms with Crippen molar-refractivity contribution in [3.05, 3.63) is 0 Å². The number of amides is 2. The summed E-state index contributed by atoms with van der Waals surface area (Å²) in [5.41, 5.74) is 5.42. The van der Waals surface area contributed by atoms with Crippen molar-refractivity contribution in [2.45, 2.75) is 51.5 Å². The van der Waals surface area contributed by atoms with E-state index in [4.69, 9.17) is 5.73 Å². The van der Waals surface area contributed by atoms with Crippen LogP contribution >= 0.6 is 12.4 Å². The molecule has 1 aliphatic heterocycles. The molecule has 0 aromatic rings. The van der Waals surface area contributed by atoms with E-state index >= 15 is 0 Å². The summed E-state index contributed by atoms with van der Waals surface area (Å²) in [4.78, 5) is 25.3. The van der Waals surface area contributed by atoms with E-state index in [1.807, 2.05) is 13.8 Å². The first-order valence-electron chi connectivity index (χ1n) is 6.85. The van der Waals surface area contributed by atoms with Crippen LogP contribution < -0.4 is 11.1 Å². The van der Waals surface area contributed by atoms with Gasteiger partial charge in [-0.3, -0.25) is 9.59 Å². The standard InChI is InChI=1S/C13H25N3O2.ClH/c1-3-13(4-2,10-14)15-11(17)9-16-8-6-5-7-12(16)18;/h3-10,14H2,1-2H3,(H,15,17);1H. The number of carbonyl (C=O) groups is 2. The molecule has 1 fully saturated rings. The number of rotatable bonds is 6. The second kappa shape index (κ2) is 8.38. The molecule has 0 bridgehead atoms. The zero-order chi connectivity index (χ0) is 13.6. The maximum Gasteiger partial charge on any atom is 0.240 e. The Labute approximate surface area is 121 Å². The molecule has 0 saturated carbocycles. The molecule has 0 aromatic heterocycles. The fraction of sp³-hybridized carbons (Fsp3) is 0.846. The van der Waals surface area contributed by atoms with E-state index in [2.05, 4.69) is 5.32 Å². The van der Waals surface area contributed by atoms with Gasteiger partial charge in [0, 0.05) is 19.5 Å². The van der Waals surface area contributed by atoms with E-state index in [0.29, 0.717) is 19.5 Å². The second-order valence-corrected chi connectivity index (χ2v) is 5.01. The van der Waals surface area contributed by atoms with Gasteiger partial charge in [0.15, 0.2) is 0 Å². The number of likely N-dealkylation sites (tertiary alicyclic amines) is 1. The summed E-state index contributed by atoms with van der Waals surface area (Å²) in [6.45, 7) is 5.33. The predicted octanol–water partition coefficient (Wildman–Crippen LogP) is 1.05. The van der Waals surface area contributed by atoms with Crippen LogP contribution in [0.15, 0.2) is 0 Å². The lowest BCUT2D eigenvalue weighted by Gasteiger charge is -2.33. The second-order valence-electron chi connectivity index (χ2n) is 5.01. The number of piperidine rings is 1. The lowest BCUT2D eigenvalue weighted by Crippen LogP contribution is -2.55. The smallest absolute Gasteiger partial charge is 0.240 e. The number of carbonyl (C=O) groups excluding carboxylic acids is 2. The summed E-state index contributed by atoms with van der Waals surface area (Å²) in [5.74, 6) is -0.0119. The van der Waals surface area contributed by atoms with Crippen LogP contribution in [0.1, 0.15) is 46.0 Å². The summed E-state index contributed by atoms with van der Waals surface area (Å²) in [6, 6.07) is 0.